The van der Waals surface area contributed by atoms with Gasteiger partial charge in [0.25, 0.3) is 0 Å². The molecule has 0 aromatic heterocycles. The average molecular weight is 279 g/mol. The zero-order valence-electron chi connectivity index (χ0n) is 13.1. The molecule has 0 bridgehead atoms. The molecule has 1 atom stereocenters. The molecule has 20 heavy (non-hydrogen) atoms. The fraction of sp³-hybridized carbons (Fsp3) is 0.562. The third kappa shape index (κ3) is 4.53. The number of hydrogen-bond acceptors (Lipinski definition) is 4. The van der Waals surface area contributed by atoms with Gasteiger partial charge in [-0.3, -0.25) is 4.79 Å². The van der Waals surface area contributed by atoms with Gasteiger partial charge in [-0.1, -0.05) is 6.07 Å². The Balaban J connectivity index is 2.57. The average Bonchev–Trinajstić information content (AvgIpc) is 2.40. The molecule has 4 heteroatoms. The minimum atomic E-state index is -0.318. The molecule has 0 amide bonds. The first kappa shape index (κ1) is 16.5. The summed E-state index contributed by atoms with van der Waals surface area (Å²) in [4.78, 5) is 11.7. The van der Waals surface area contributed by atoms with Gasteiger partial charge in [0.05, 0.1) is 13.2 Å². The predicted molar refractivity (Wildman–Crippen MR) is 80.2 cm³/mol. The van der Waals surface area contributed by atoms with Gasteiger partial charge >= 0.3 is 5.97 Å². The first-order valence-electron chi connectivity index (χ1n) is 7.04. The quantitative estimate of drug-likeness (QED) is 0.779. The number of nitrogens with one attached hydrogen (secondary N) is 1. The molecule has 0 radical (unpaired) electrons. The first-order chi connectivity index (χ1) is 9.49. The molecule has 0 aliphatic rings. The standard InChI is InChI=1S/C16H25NO3/c1-6-19-16(18)14(17-5)7-8-20-15-10-11(2)9-12(3)13(15)4/h9-10,14,17H,6-8H2,1-5H3. The number of likely N-dealkylation sites (N-methyl/N-ethyl adjacent to an activating group) is 1. The predicted octanol–water partition coefficient (Wildman–Crippen LogP) is 2.53. The van der Waals surface area contributed by atoms with Crippen LogP contribution >= 0.6 is 0 Å². The summed E-state index contributed by atoms with van der Waals surface area (Å²) in [5.74, 6) is 0.664. The van der Waals surface area contributed by atoms with Gasteiger partial charge in [0, 0.05) is 6.42 Å². The van der Waals surface area contributed by atoms with Gasteiger partial charge < -0.3 is 14.8 Å². The molecule has 1 N–H and O–H groups in total. The molecule has 1 rings (SSSR count). The van der Waals surface area contributed by atoms with E-state index < -0.39 is 0 Å². The van der Waals surface area contributed by atoms with Crippen LogP contribution in [0.4, 0.5) is 0 Å². The summed E-state index contributed by atoms with van der Waals surface area (Å²) in [6.07, 6.45) is 0.585. The lowest BCUT2D eigenvalue weighted by Gasteiger charge is -2.16. The molecule has 0 saturated heterocycles. The molecule has 0 spiro atoms. The largest absolute Gasteiger partial charge is 0.493 e. The second-order valence-corrected chi connectivity index (χ2v) is 4.94. The highest BCUT2D eigenvalue weighted by atomic mass is 16.5. The summed E-state index contributed by atoms with van der Waals surface area (Å²) in [7, 11) is 1.75. The van der Waals surface area contributed by atoms with Gasteiger partial charge in [0.1, 0.15) is 11.8 Å². The Bertz CT molecular complexity index is 457. The lowest BCUT2D eigenvalue weighted by atomic mass is 10.1. The van der Waals surface area contributed by atoms with Crippen molar-refractivity contribution in [3.05, 3.63) is 28.8 Å². The lowest BCUT2D eigenvalue weighted by Crippen LogP contribution is -2.36. The van der Waals surface area contributed by atoms with Gasteiger partial charge in [0.15, 0.2) is 0 Å². The van der Waals surface area contributed by atoms with Crippen LogP contribution in [0.15, 0.2) is 12.1 Å². The highest BCUT2D eigenvalue weighted by Crippen LogP contribution is 2.23. The molecule has 0 aliphatic heterocycles. The van der Waals surface area contributed by atoms with Crippen molar-refractivity contribution in [2.45, 2.75) is 40.2 Å². The zero-order chi connectivity index (χ0) is 15.1. The van der Waals surface area contributed by atoms with Crippen LogP contribution in [-0.2, 0) is 9.53 Å². The highest BCUT2D eigenvalue weighted by Gasteiger charge is 2.17. The van der Waals surface area contributed by atoms with E-state index in [1.54, 1.807) is 14.0 Å². The summed E-state index contributed by atoms with van der Waals surface area (Å²) in [5.41, 5.74) is 3.54. The molecule has 1 unspecified atom stereocenters. The maximum absolute atomic E-state index is 11.7. The van der Waals surface area contributed by atoms with Crippen molar-refractivity contribution in [3.8, 4) is 5.75 Å². The topological polar surface area (TPSA) is 47.6 Å². The summed E-state index contributed by atoms with van der Waals surface area (Å²) < 4.78 is 10.8. The molecule has 0 fully saturated rings. The van der Waals surface area contributed by atoms with Gasteiger partial charge in [-0.05, 0) is 57.5 Å². The number of ether oxygens (including phenoxy) is 2. The lowest BCUT2D eigenvalue weighted by molar-refractivity contribution is -0.145. The minimum absolute atomic E-state index is 0.226. The highest BCUT2D eigenvalue weighted by molar-refractivity contribution is 5.75. The third-order valence-corrected chi connectivity index (χ3v) is 3.35. The smallest absolute Gasteiger partial charge is 0.323 e. The van der Waals surface area contributed by atoms with Gasteiger partial charge in [-0.2, -0.15) is 0 Å². The van der Waals surface area contributed by atoms with E-state index >= 15 is 0 Å². The van der Waals surface area contributed by atoms with E-state index in [1.807, 2.05) is 19.9 Å². The first-order valence-corrected chi connectivity index (χ1v) is 7.04. The zero-order valence-corrected chi connectivity index (χ0v) is 13.1. The summed E-state index contributed by atoms with van der Waals surface area (Å²) in [5, 5.41) is 2.96. The van der Waals surface area contributed by atoms with Crippen LogP contribution in [-0.4, -0.2) is 32.3 Å². The molecule has 112 valence electrons. The van der Waals surface area contributed by atoms with E-state index in [0.29, 0.717) is 19.6 Å². The molecule has 0 aliphatic carbocycles. The van der Waals surface area contributed by atoms with Crippen LogP contribution in [0.1, 0.15) is 30.0 Å². The van der Waals surface area contributed by atoms with Gasteiger partial charge in [0.2, 0.25) is 0 Å². The fourth-order valence-electron chi connectivity index (χ4n) is 2.06. The van der Waals surface area contributed by atoms with Crippen molar-refractivity contribution in [3.63, 3.8) is 0 Å². The Morgan fingerprint density at radius 2 is 2.00 bits per heavy atom. The summed E-state index contributed by atoms with van der Waals surface area (Å²) in [6, 6.07) is 3.85. The summed E-state index contributed by atoms with van der Waals surface area (Å²) in [6.45, 7) is 8.85. The Morgan fingerprint density at radius 3 is 2.60 bits per heavy atom. The normalized spacial score (nSPS) is 12.1. The maximum Gasteiger partial charge on any atom is 0.323 e. The summed E-state index contributed by atoms with van der Waals surface area (Å²) >= 11 is 0. The van der Waals surface area contributed by atoms with Crippen LogP contribution in [0.25, 0.3) is 0 Å². The van der Waals surface area contributed by atoms with Gasteiger partial charge in [-0.15, -0.1) is 0 Å². The Hall–Kier alpha value is -1.55. The monoisotopic (exact) mass is 279 g/mol. The van der Waals surface area contributed by atoms with E-state index in [1.165, 1.54) is 11.1 Å². The Morgan fingerprint density at radius 1 is 1.30 bits per heavy atom. The van der Waals surface area contributed by atoms with Crippen molar-refractivity contribution in [1.29, 1.82) is 0 Å². The number of benzene rings is 1. The van der Waals surface area contributed by atoms with Crippen LogP contribution in [0.2, 0.25) is 0 Å². The van der Waals surface area contributed by atoms with Crippen molar-refractivity contribution in [1.82, 2.24) is 5.32 Å². The van der Waals surface area contributed by atoms with Crippen molar-refractivity contribution in [2.75, 3.05) is 20.3 Å². The second-order valence-electron chi connectivity index (χ2n) is 4.94. The van der Waals surface area contributed by atoms with E-state index in [0.717, 1.165) is 11.3 Å². The number of aryl methyl sites for hydroxylation is 2. The minimum Gasteiger partial charge on any atom is -0.493 e. The number of esters is 1. The maximum atomic E-state index is 11.7. The molecule has 0 heterocycles. The second kappa shape index (κ2) is 7.90. The third-order valence-electron chi connectivity index (χ3n) is 3.35. The van der Waals surface area contributed by atoms with Crippen molar-refractivity contribution < 1.29 is 14.3 Å². The number of carbonyl (C=O) groups excluding carboxylic acids is 1. The van der Waals surface area contributed by atoms with Crippen molar-refractivity contribution in [2.24, 2.45) is 0 Å². The van der Waals surface area contributed by atoms with Crippen LogP contribution in [0.5, 0.6) is 5.75 Å². The van der Waals surface area contributed by atoms with E-state index in [-0.39, 0.29) is 12.0 Å². The van der Waals surface area contributed by atoms with E-state index in [4.69, 9.17) is 9.47 Å². The van der Waals surface area contributed by atoms with E-state index in [9.17, 15) is 4.79 Å². The molecule has 0 saturated carbocycles. The van der Waals surface area contributed by atoms with Crippen molar-refractivity contribution >= 4 is 5.97 Å². The Labute approximate surface area is 121 Å². The fourth-order valence-corrected chi connectivity index (χ4v) is 2.06. The SMILES string of the molecule is CCOC(=O)C(CCOc1cc(C)cc(C)c1C)NC. The molecular formula is C16H25NO3. The van der Waals surface area contributed by atoms with Crippen LogP contribution in [0.3, 0.4) is 0 Å². The van der Waals surface area contributed by atoms with Crippen LogP contribution in [0, 0.1) is 20.8 Å². The van der Waals surface area contributed by atoms with Gasteiger partial charge in [-0.25, -0.2) is 0 Å². The number of carbonyl (C=O) groups is 1. The molecule has 4 nitrogen and oxygen atoms in total. The molecule has 1 aromatic rings. The Kier molecular flexibility index (Phi) is 6.52. The molecular weight excluding hydrogens is 254 g/mol. The number of hydrogen-bond donors (Lipinski definition) is 1. The van der Waals surface area contributed by atoms with E-state index in [2.05, 4.69) is 18.3 Å². The van der Waals surface area contributed by atoms with Crippen LogP contribution < -0.4 is 10.1 Å². The molecule has 1 aromatic carbocycles. The number of rotatable bonds is 7.